The summed E-state index contributed by atoms with van der Waals surface area (Å²) in [5.41, 5.74) is 2.07. The highest BCUT2D eigenvalue weighted by Gasteiger charge is 2.50. The summed E-state index contributed by atoms with van der Waals surface area (Å²) >= 11 is 6.29. The Labute approximate surface area is 246 Å². The second kappa shape index (κ2) is 10.2. The number of aromatic nitrogens is 4. The summed E-state index contributed by atoms with van der Waals surface area (Å²) in [5.74, 6) is 0.379. The number of nitrogens with zero attached hydrogens (tertiary/aromatic N) is 6. The van der Waals surface area contributed by atoms with E-state index in [1.807, 2.05) is 38.1 Å². The summed E-state index contributed by atoms with van der Waals surface area (Å²) < 4.78 is 24.2. The number of carboxylic acids is 1. The molecule has 13 heteroatoms. The minimum atomic E-state index is -0.980. The van der Waals surface area contributed by atoms with E-state index in [1.165, 1.54) is 0 Å². The largest absolute Gasteiger partial charge is 0.480 e. The molecule has 1 spiro atoms. The van der Waals surface area contributed by atoms with Gasteiger partial charge in [0.15, 0.2) is 16.6 Å². The number of aliphatic carboxylic acids is 1. The maximum absolute atomic E-state index is 12.6. The predicted octanol–water partition coefficient (Wildman–Crippen LogP) is 4.05. The summed E-state index contributed by atoms with van der Waals surface area (Å²) in [6.45, 7) is 8.49. The number of ether oxygens (including phenoxy) is 3. The molecule has 3 aliphatic heterocycles. The quantitative estimate of drug-likeness (QED) is 0.345. The van der Waals surface area contributed by atoms with E-state index in [4.69, 9.17) is 40.2 Å². The molecule has 0 aliphatic carbocycles. The molecule has 3 saturated heterocycles. The van der Waals surface area contributed by atoms with Gasteiger partial charge in [-0.2, -0.15) is 0 Å². The lowest BCUT2D eigenvalue weighted by atomic mass is 9.90. The zero-order chi connectivity index (χ0) is 29.2. The second-order valence-electron chi connectivity index (χ2n) is 11.5. The monoisotopic (exact) mass is 594 g/mol. The van der Waals surface area contributed by atoms with Crippen molar-refractivity contribution in [2.24, 2.45) is 0 Å². The van der Waals surface area contributed by atoms with Crippen LogP contribution in [0.2, 0.25) is 5.15 Å². The van der Waals surface area contributed by atoms with E-state index in [0.29, 0.717) is 66.3 Å². The van der Waals surface area contributed by atoms with Gasteiger partial charge in [-0.25, -0.2) is 14.8 Å². The van der Waals surface area contributed by atoms with Gasteiger partial charge in [0, 0.05) is 30.3 Å². The van der Waals surface area contributed by atoms with Crippen LogP contribution in [0.15, 0.2) is 34.7 Å². The molecule has 3 aliphatic rings. The van der Waals surface area contributed by atoms with Crippen molar-refractivity contribution >= 4 is 51.1 Å². The Balaban J connectivity index is 1.24. The van der Waals surface area contributed by atoms with Gasteiger partial charge in [-0.15, -0.1) is 10.2 Å². The molecule has 0 radical (unpaired) electrons. The lowest BCUT2D eigenvalue weighted by Gasteiger charge is -2.53. The molecule has 7 rings (SSSR count). The third-order valence-electron chi connectivity index (χ3n) is 8.50. The van der Waals surface area contributed by atoms with E-state index in [1.54, 1.807) is 11.0 Å². The molecule has 220 valence electrons. The number of carbonyl (C=O) groups is 1. The Bertz CT molecular complexity index is 1680. The van der Waals surface area contributed by atoms with Gasteiger partial charge in [-0.05, 0) is 19.1 Å². The van der Waals surface area contributed by atoms with Gasteiger partial charge >= 0.3 is 5.97 Å². The Morgan fingerprint density at radius 2 is 2.00 bits per heavy atom. The molecule has 42 heavy (non-hydrogen) atoms. The molecule has 0 amide bonds. The average molecular weight is 595 g/mol. The van der Waals surface area contributed by atoms with Crippen molar-refractivity contribution in [1.29, 1.82) is 0 Å². The molecule has 1 N–H and O–H groups in total. The number of rotatable bonds is 6. The van der Waals surface area contributed by atoms with Gasteiger partial charge in [-0.1, -0.05) is 37.6 Å². The van der Waals surface area contributed by atoms with Gasteiger partial charge in [0.05, 0.1) is 32.4 Å². The van der Waals surface area contributed by atoms with Crippen LogP contribution < -0.4 is 14.5 Å². The predicted molar refractivity (Wildman–Crippen MR) is 155 cm³/mol. The SMILES string of the molecule is CC(C)c1nc(N2C[C@@H](Oc3nnc(Cl)cc3N3CCOC4(COC4)[C@@H]3C)C[C@H]2C(=O)O)c2oc3ccccc3c2n1. The first-order valence-electron chi connectivity index (χ1n) is 14.1. The summed E-state index contributed by atoms with van der Waals surface area (Å²) in [7, 11) is 0. The third kappa shape index (κ3) is 4.40. The molecule has 4 aromatic rings. The lowest BCUT2D eigenvalue weighted by molar-refractivity contribution is -0.228. The first-order valence-corrected chi connectivity index (χ1v) is 14.5. The minimum Gasteiger partial charge on any atom is -0.480 e. The number of benzene rings is 1. The van der Waals surface area contributed by atoms with E-state index in [0.717, 1.165) is 5.39 Å². The highest BCUT2D eigenvalue weighted by molar-refractivity contribution is 6.29. The molecule has 3 fully saturated rings. The van der Waals surface area contributed by atoms with E-state index < -0.39 is 23.7 Å². The highest BCUT2D eigenvalue weighted by atomic mass is 35.5. The molecule has 12 nitrogen and oxygen atoms in total. The number of furan rings is 1. The standard InChI is InChI=1S/C29H31ClN6O6/c1-15(2)25-31-23-18-6-4-5-7-21(18)42-24(23)26(32-25)36-12-17(10-20(36)28(37)38)41-27-19(11-22(30)33-34-27)35-8-9-40-29(16(35)3)13-39-14-29/h4-7,11,15-17,20H,8-10,12-14H2,1-3H3,(H,37,38)/t16-,17-,20-/m0/s1. The van der Waals surface area contributed by atoms with E-state index in [2.05, 4.69) is 22.0 Å². The summed E-state index contributed by atoms with van der Waals surface area (Å²) in [6.07, 6.45) is -0.312. The van der Waals surface area contributed by atoms with E-state index >= 15 is 0 Å². The van der Waals surface area contributed by atoms with Crippen LogP contribution in [0.5, 0.6) is 5.88 Å². The fourth-order valence-electron chi connectivity index (χ4n) is 6.09. The Hall–Kier alpha value is -3.74. The van der Waals surface area contributed by atoms with Gasteiger partial charge in [0.25, 0.3) is 5.88 Å². The molecular formula is C29H31ClN6O6. The maximum atomic E-state index is 12.6. The van der Waals surface area contributed by atoms with Crippen molar-refractivity contribution in [2.75, 3.05) is 42.7 Å². The van der Waals surface area contributed by atoms with Gasteiger partial charge < -0.3 is 33.5 Å². The van der Waals surface area contributed by atoms with Crippen LogP contribution in [0.1, 0.15) is 38.9 Å². The number of halogens is 1. The molecule has 3 aromatic heterocycles. The Morgan fingerprint density at radius 1 is 1.19 bits per heavy atom. The van der Waals surface area contributed by atoms with Crippen LogP contribution in [-0.4, -0.2) is 87.9 Å². The third-order valence-corrected chi connectivity index (χ3v) is 8.68. The zero-order valence-electron chi connectivity index (χ0n) is 23.5. The Morgan fingerprint density at radius 3 is 2.74 bits per heavy atom. The van der Waals surface area contributed by atoms with Crippen LogP contribution in [0.3, 0.4) is 0 Å². The van der Waals surface area contributed by atoms with Gasteiger partial charge in [0.2, 0.25) is 0 Å². The number of hydrogen-bond acceptors (Lipinski definition) is 11. The van der Waals surface area contributed by atoms with Crippen molar-refractivity contribution in [3.63, 3.8) is 0 Å². The average Bonchev–Trinajstić information content (AvgIpc) is 3.54. The second-order valence-corrected chi connectivity index (χ2v) is 11.8. The maximum Gasteiger partial charge on any atom is 0.326 e. The number of morpholine rings is 1. The molecule has 0 saturated carbocycles. The molecule has 1 aromatic carbocycles. The molecule has 0 bridgehead atoms. The van der Waals surface area contributed by atoms with Gasteiger partial charge in [0.1, 0.15) is 40.4 Å². The van der Waals surface area contributed by atoms with Crippen molar-refractivity contribution in [2.45, 2.75) is 56.9 Å². The van der Waals surface area contributed by atoms with Crippen molar-refractivity contribution in [3.05, 3.63) is 41.3 Å². The number of hydrogen-bond donors (Lipinski definition) is 1. The topological polar surface area (TPSA) is 136 Å². The summed E-state index contributed by atoms with van der Waals surface area (Å²) in [4.78, 5) is 26.1. The van der Waals surface area contributed by atoms with Crippen molar-refractivity contribution in [3.8, 4) is 5.88 Å². The number of carboxylic acid groups (broad SMARTS) is 1. The summed E-state index contributed by atoms with van der Waals surface area (Å²) in [5, 5.41) is 19.7. The molecule has 0 unspecified atom stereocenters. The van der Waals surface area contributed by atoms with Crippen LogP contribution in [0, 0.1) is 0 Å². The van der Waals surface area contributed by atoms with Crippen molar-refractivity contribution < 1.29 is 28.5 Å². The summed E-state index contributed by atoms with van der Waals surface area (Å²) in [6, 6.07) is 8.44. The number of anilines is 2. The normalized spacial score (nSPS) is 23.7. The fraction of sp³-hybridized carbons (Fsp3) is 0.483. The fourth-order valence-corrected chi connectivity index (χ4v) is 6.24. The van der Waals surface area contributed by atoms with Crippen LogP contribution >= 0.6 is 11.6 Å². The highest BCUT2D eigenvalue weighted by Crippen LogP contribution is 2.41. The molecule has 3 atom stereocenters. The first kappa shape index (κ1) is 27.1. The van der Waals surface area contributed by atoms with Gasteiger partial charge in [-0.3, -0.25) is 0 Å². The first-order chi connectivity index (χ1) is 20.2. The smallest absolute Gasteiger partial charge is 0.326 e. The van der Waals surface area contributed by atoms with Crippen molar-refractivity contribution in [1.82, 2.24) is 20.2 Å². The molecule has 6 heterocycles. The van der Waals surface area contributed by atoms with Crippen LogP contribution in [0.25, 0.3) is 22.1 Å². The molecular weight excluding hydrogens is 564 g/mol. The number of fused-ring (bicyclic) bond motifs is 3. The van der Waals surface area contributed by atoms with Crippen LogP contribution in [0.4, 0.5) is 11.5 Å². The van der Waals surface area contributed by atoms with Crippen LogP contribution in [-0.2, 0) is 14.3 Å². The lowest BCUT2D eigenvalue weighted by Crippen LogP contribution is -2.68. The Kier molecular flexibility index (Phi) is 6.59. The minimum absolute atomic E-state index is 0.0199. The number of para-hydroxylation sites is 1. The zero-order valence-corrected chi connectivity index (χ0v) is 24.2. The van der Waals surface area contributed by atoms with E-state index in [-0.39, 0.29) is 30.1 Å². The van der Waals surface area contributed by atoms with E-state index in [9.17, 15) is 9.90 Å².